The number of hydrogen-bond donors (Lipinski definition) is 1. The maximum atomic E-state index is 5.38. The molecule has 1 N–H and O–H groups in total. The third-order valence-corrected chi connectivity index (χ3v) is 4.55. The second-order valence-corrected chi connectivity index (χ2v) is 6.08. The first-order chi connectivity index (χ1) is 9.86. The number of rotatable bonds is 5. The summed E-state index contributed by atoms with van der Waals surface area (Å²) in [5.74, 6) is 3.37. The Morgan fingerprint density at radius 1 is 1.35 bits per heavy atom. The van der Waals surface area contributed by atoms with Gasteiger partial charge in [0.1, 0.15) is 0 Å². The summed E-state index contributed by atoms with van der Waals surface area (Å²) in [5, 5.41) is 7.44. The van der Waals surface area contributed by atoms with Crippen molar-refractivity contribution in [3.63, 3.8) is 0 Å². The van der Waals surface area contributed by atoms with Crippen LogP contribution in [0.4, 0.5) is 0 Å². The van der Waals surface area contributed by atoms with Crippen molar-refractivity contribution in [3.8, 4) is 11.5 Å². The second kappa shape index (κ2) is 6.41. The van der Waals surface area contributed by atoms with Gasteiger partial charge in [0.25, 0.3) is 5.89 Å². The minimum Gasteiger partial charge on any atom is -0.334 e. The summed E-state index contributed by atoms with van der Waals surface area (Å²) in [7, 11) is 0. The summed E-state index contributed by atoms with van der Waals surface area (Å²) in [4.78, 5) is 4.48. The molecule has 106 valence electrons. The molecule has 5 heteroatoms. The summed E-state index contributed by atoms with van der Waals surface area (Å²) in [6, 6.07) is 6.43. The van der Waals surface area contributed by atoms with E-state index in [-0.39, 0.29) is 0 Å². The third kappa shape index (κ3) is 3.04. The Balaban J connectivity index is 1.75. The normalized spacial score (nSPS) is 14.2. The Morgan fingerprint density at radius 3 is 3.20 bits per heavy atom. The second-order valence-electron chi connectivity index (χ2n) is 4.98. The minimum absolute atomic E-state index is 0.630. The van der Waals surface area contributed by atoms with E-state index in [9.17, 15) is 0 Å². The first kappa shape index (κ1) is 13.6. The van der Waals surface area contributed by atoms with Gasteiger partial charge in [-0.1, -0.05) is 18.1 Å². The maximum Gasteiger partial charge on any atom is 0.257 e. The first-order valence-corrected chi connectivity index (χ1v) is 8.25. The number of benzene rings is 1. The standard InChI is InChI=1S/C15H19N3OS/c1-2-7-20-10-14-17-15(19-18-14)12-4-3-11-5-6-16-9-13(11)8-12/h3-4,8,16H,2,5-7,9-10H2,1H3. The number of fused-ring (bicyclic) bond motifs is 1. The van der Waals surface area contributed by atoms with Gasteiger partial charge in [0, 0.05) is 12.1 Å². The molecule has 0 bridgehead atoms. The first-order valence-electron chi connectivity index (χ1n) is 7.10. The molecule has 2 heterocycles. The molecular weight excluding hydrogens is 270 g/mol. The van der Waals surface area contributed by atoms with Gasteiger partial charge in [0.05, 0.1) is 5.75 Å². The molecule has 0 aliphatic carbocycles. The Labute approximate surface area is 123 Å². The molecule has 1 aliphatic heterocycles. The predicted molar refractivity (Wildman–Crippen MR) is 81.6 cm³/mol. The van der Waals surface area contributed by atoms with Crippen LogP contribution in [-0.4, -0.2) is 22.4 Å². The van der Waals surface area contributed by atoms with E-state index in [0.29, 0.717) is 5.89 Å². The van der Waals surface area contributed by atoms with E-state index in [1.54, 1.807) is 0 Å². The van der Waals surface area contributed by atoms with E-state index in [2.05, 4.69) is 40.6 Å². The zero-order chi connectivity index (χ0) is 13.8. The van der Waals surface area contributed by atoms with Gasteiger partial charge >= 0.3 is 0 Å². The molecular formula is C15H19N3OS. The molecule has 1 aliphatic rings. The lowest BCUT2D eigenvalue weighted by Gasteiger charge is -2.16. The maximum absolute atomic E-state index is 5.38. The fraction of sp³-hybridized carbons (Fsp3) is 0.467. The lowest BCUT2D eigenvalue weighted by Crippen LogP contribution is -2.23. The van der Waals surface area contributed by atoms with Crippen molar-refractivity contribution in [3.05, 3.63) is 35.2 Å². The van der Waals surface area contributed by atoms with E-state index >= 15 is 0 Å². The Bertz CT molecular complexity index is 582. The summed E-state index contributed by atoms with van der Waals surface area (Å²) in [5.41, 5.74) is 3.78. The van der Waals surface area contributed by atoms with Crippen LogP contribution in [0, 0.1) is 0 Å². The van der Waals surface area contributed by atoms with E-state index in [0.717, 1.165) is 42.4 Å². The monoisotopic (exact) mass is 289 g/mol. The van der Waals surface area contributed by atoms with Crippen LogP contribution in [-0.2, 0) is 18.7 Å². The smallest absolute Gasteiger partial charge is 0.257 e. The SMILES string of the molecule is CCCSCc1noc(-c2ccc3c(c2)CNCC3)n1. The highest BCUT2D eigenvalue weighted by molar-refractivity contribution is 7.98. The van der Waals surface area contributed by atoms with Gasteiger partial charge in [-0.05, 0) is 48.4 Å². The predicted octanol–water partition coefficient (Wildman–Crippen LogP) is 3.03. The molecule has 3 rings (SSSR count). The van der Waals surface area contributed by atoms with Crippen molar-refractivity contribution in [2.45, 2.75) is 32.1 Å². The van der Waals surface area contributed by atoms with Gasteiger partial charge in [-0.3, -0.25) is 0 Å². The highest BCUT2D eigenvalue weighted by Gasteiger charge is 2.13. The number of aromatic nitrogens is 2. The highest BCUT2D eigenvalue weighted by Crippen LogP contribution is 2.23. The van der Waals surface area contributed by atoms with E-state index < -0.39 is 0 Å². The molecule has 0 fully saturated rings. The van der Waals surface area contributed by atoms with Crippen molar-refractivity contribution in [2.75, 3.05) is 12.3 Å². The van der Waals surface area contributed by atoms with Crippen molar-refractivity contribution in [1.29, 1.82) is 0 Å². The van der Waals surface area contributed by atoms with Gasteiger partial charge < -0.3 is 9.84 Å². The fourth-order valence-electron chi connectivity index (χ4n) is 2.35. The van der Waals surface area contributed by atoms with Crippen molar-refractivity contribution in [2.24, 2.45) is 0 Å². The van der Waals surface area contributed by atoms with Crippen molar-refractivity contribution in [1.82, 2.24) is 15.5 Å². The molecule has 0 unspecified atom stereocenters. The summed E-state index contributed by atoms with van der Waals surface area (Å²) < 4.78 is 5.38. The van der Waals surface area contributed by atoms with Gasteiger partial charge in [0.15, 0.2) is 5.82 Å². The summed E-state index contributed by atoms with van der Waals surface area (Å²) in [6.45, 7) is 4.16. The average molecular weight is 289 g/mol. The van der Waals surface area contributed by atoms with Gasteiger partial charge in [0.2, 0.25) is 0 Å². The Hall–Kier alpha value is -1.33. The van der Waals surface area contributed by atoms with Crippen LogP contribution in [0.5, 0.6) is 0 Å². The quantitative estimate of drug-likeness (QED) is 0.857. The average Bonchev–Trinajstić information content (AvgIpc) is 2.96. The van der Waals surface area contributed by atoms with Crippen LogP contribution >= 0.6 is 11.8 Å². The molecule has 0 radical (unpaired) electrons. The highest BCUT2D eigenvalue weighted by atomic mass is 32.2. The molecule has 1 aromatic heterocycles. The van der Waals surface area contributed by atoms with E-state index in [4.69, 9.17) is 4.52 Å². The zero-order valence-electron chi connectivity index (χ0n) is 11.7. The zero-order valence-corrected chi connectivity index (χ0v) is 12.5. The van der Waals surface area contributed by atoms with Crippen molar-refractivity contribution >= 4 is 11.8 Å². The molecule has 2 aromatic rings. The largest absolute Gasteiger partial charge is 0.334 e. The molecule has 0 atom stereocenters. The van der Waals surface area contributed by atoms with Crippen LogP contribution < -0.4 is 5.32 Å². The Kier molecular flexibility index (Phi) is 4.38. The van der Waals surface area contributed by atoms with Gasteiger partial charge in [-0.25, -0.2) is 0 Å². The number of nitrogens with one attached hydrogen (secondary N) is 1. The van der Waals surface area contributed by atoms with Crippen LogP contribution in [0.2, 0.25) is 0 Å². The number of nitrogens with zero attached hydrogens (tertiary/aromatic N) is 2. The van der Waals surface area contributed by atoms with E-state index in [1.165, 1.54) is 17.5 Å². The van der Waals surface area contributed by atoms with Crippen LogP contribution in [0.3, 0.4) is 0 Å². The van der Waals surface area contributed by atoms with Crippen LogP contribution in [0.1, 0.15) is 30.3 Å². The lowest BCUT2D eigenvalue weighted by atomic mass is 9.98. The molecule has 0 saturated heterocycles. The van der Waals surface area contributed by atoms with E-state index in [1.807, 2.05) is 11.8 Å². The molecule has 4 nitrogen and oxygen atoms in total. The third-order valence-electron chi connectivity index (χ3n) is 3.39. The van der Waals surface area contributed by atoms with Crippen molar-refractivity contribution < 1.29 is 4.52 Å². The van der Waals surface area contributed by atoms with Crippen LogP contribution in [0.25, 0.3) is 11.5 Å². The minimum atomic E-state index is 0.630. The number of hydrogen-bond acceptors (Lipinski definition) is 5. The summed E-state index contributed by atoms with van der Waals surface area (Å²) in [6.07, 6.45) is 2.27. The topological polar surface area (TPSA) is 51.0 Å². The van der Waals surface area contributed by atoms with Gasteiger partial charge in [-0.15, -0.1) is 0 Å². The lowest BCUT2D eigenvalue weighted by molar-refractivity contribution is 0.425. The molecule has 20 heavy (non-hydrogen) atoms. The fourth-order valence-corrected chi connectivity index (χ4v) is 3.08. The Morgan fingerprint density at radius 2 is 2.30 bits per heavy atom. The molecule has 1 aromatic carbocycles. The van der Waals surface area contributed by atoms with Gasteiger partial charge in [-0.2, -0.15) is 16.7 Å². The molecule has 0 spiro atoms. The molecule has 0 amide bonds. The van der Waals surface area contributed by atoms with Crippen LogP contribution in [0.15, 0.2) is 22.7 Å². The summed E-state index contributed by atoms with van der Waals surface area (Å²) >= 11 is 1.84. The number of thioether (sulfide) groups is 1. The molecule has 0 saturated carbocycles.